The summed E-state index contributed by atoms with van der Waals surface area (Å²) in [4.78, 5) is 0. The number of hydrogen-bond donors (Lipinski definition) is 0. The van der Waals surface area contributed by atoms with Gasteiger partial charge < -0.3 is 9.13 Å². The van der Waals surface area contributed by atoms with E-state index in [2.05, 4.69) is 228 Å². The van der Waals surface area contributed by atoms with Gasteiger partial charge >= 0.3 is 0 Å². The lowest BCUT2D eigenvalue weighted by molar-refractivity contribution is 1.17. The van der Waals surface area contributed by atoms with Crippen molar-refractivity contribution in [3.05, 3.63) is 218 Å². The summed E-state index contributed by atoms with van der Waals surface area (Å²) in [6.45, 7) is 0. The van der Waals surface area contributed by atoms with Gasteiger partial charge in [0.25, 0.3) is 0 Å². The quantitative estimate of drug-likeness (QED) is 0.162. The molecule has 0 saturated heterocycles. The summed E-state index contributed by atoms with van der Waals surface area (Å²) in [5, 5.41) is 5.00. The standard InChI is InChI=1S/C54H36N2/c1-4-14-37(15-5-1)41-27-32-52-48(34-41)49-35-42(38-16-6-2-7-17-38)28-33-53(49)55(52)44-29-24-40(25-30-44)45-20-10-12-22-50(45)56-51-23-13-11-21-46(51)47-31-26-43(36-54(47)56)39-18-8-3-9-19-39/h1-36H. The molecule has 0 aliphatic heterocycles. The molecule has 11 aromatic rings. The molecule has 56 heavy (non-hydrogen) atoms. The zero-order valence-corrected chi connectivity index (χ0v) is 30.7. The van der Waals surface area contributed by atoms with Gasteiger partial charge in [0.15, 0.2) is 0 Å². The smallest absolute Gasteiger partial charge is 0.0547 e. The van der Waals surface area contributed by atoms with Gasteiger partial charge in [0.05, 0.1) is 27.8 Å². The predicted molar refractivity (Wildman–Crippen MR) is 237 cm³/mol. The van der Waals surface area contributed by atoms with Crippen LogP contribution in [-0.4, -0.2) is 9.13 Å². The van der Waals surface area contributed by atoms with Gasteiger partial charge in [-0.05, 0) is 93.5 Å². The van der Waals surface area contributed by atoms with Crippen molar-refractivity contribution in [2.24, 2.45) is 0 Å². The van der Waals surface area contributed by atoms with Crippen LogP contribution in [0, 0.1) is 0 Å². The highest BCUT2D eigenvalue weighted by Gasteiger charge is 2.18. The van der Waals surface area contributed by atoms with Crippen molar-refractivity contribution in [3.8, 4) is 55.9 Å². The average molecular weight is 713 g/mol. The lowest BCUT2D eigenvalue weighted by atomic mass is 10.0. The van der Waals surface area contributed by atoms with Crippen LogP contribution in [0.1, 0.15) is 0 Å². The molecule has 0 unspecified atom stereocenters. The third kappa shape index (κ3) is 5.26. The van der Waals surface area contributed by atoms with Gasteiger partial charge in [0, 0.05) is 32.8 Å². The van der Waals surface area contributed by atoms with E-state index in [1.54, 1.807) is 0 Å². The monoisotopic (exact) mass is 712 g/mol. The summed E-state index contributed by atoms with van der Waals surface area (Å²) in [6, 6.07) is 79.4. The maximum atomic E-state index is 2.45. The number of rotatable bonds is 6. The maximum Gasteiger partial charge on any atom is 0.0547 e. The van der Waals surface area contributed by atoms with Gasteiger partial charge in [-0.15, -0.1) is 0 Å². The number of hydrogen-bond acceptors (Lipinski definition) is 0. The number of aromatic nitrogens is 2. The predicted octanol–water partition coefficient (Wildman–Crippen LogP) is 14.5. The first kappa shape index (κ1) is 32.0. The Balaban J connectivity index is 1.06. The lowest BCUT2D eigenvalue weighted by Gasteiger charge is -2.15. The average Bonchev–Trinajstić information content (AvgIpc) is 3.79. The van der Waals surface area contributed by atoms with Crippen LogP contribution in [0.5, 0.6) is 0 Å². The maximum absolute atomic E-state index is 2.45. The summed E-state index contributed by atoms with van der Waals surface area (Å²) in [5.41, 5.74) is 16.7. The molecule has 0 aliphatic carbocycles. The normalized spacial score (nSPS) is 11.6. The molecule has 0 atom stereocenters. The zero-order chi connectivity index (χ0) is 37.0. The molecule has 11 rings (SSSR count). The molecule has 9 aromatic carbocycles. The highest BCUT2D eigenvalue weighted by molar-refractivity contribution is 6.12. The van der Waals surface area contributed by atoms with Crippen molar-refractivity contribution in [2.75, 3.05) is 0 Å². The highest BCUT2D eigenvalue weighted by Crippen LogP contribution is 2.40. The minimum Gasteiger partial charge on any atom is -0.309 e. The Labute approximate surface area is 325 Å². The molecule has 0 N–H and O–H groups in total. The van der Waals surface area contributed by atoms with Crippen LogP contribution in [-0.2, 0) is 0 Å². The van der Waals surface area contributed by atoms with Crippen LogP contribution in [0.4, 0.5) is 0 Å². The molecule has 262 valence electrons. The topological polar surface area (TPSA) is 9.86 Å². The van der Waals surface area contributed by atoms with E-state index in [-0.39, 0.29) is 0 Å². The van der Waals surface area contributed by atoms with Gasteiger partial charge in [-0.2, -0.15) is 0 Å². The molecule has 2 heteroatoms. The Morgan fingerprint density at radius 3 is 1.29 bits per heavy atom. The largest absolute Gasteiger partial charge is 0.309 e. The van der Waals surface area contributed by atoms with E-state index in [0.29, 0.717) is 0 Å². The third-order valence-corrected chi connectivity index (χ3v) is 11.3. The molecule has 0 bridgehead atoms. The zero-order valence-electron chi connectivity index (χ0n) is 30.7. The van der Waals surface area contributed by atoms with Crippen molar-refractivity contribution in [3.63, 3.8) is 0 Å². The van der Waals surface area contributed by atoms with E-state index in [9.17, 15) is 0 Å². The number of para-hydroxylation sites is 2. The van der Waals surface area contributed by atoms with Crippen molar-refractivity contribution in [1.82, 2.24) is 9.13 Å². The van der Waals surface area contributed by atoms with Gasteiger partial charge in [-0.3, -0.25) is 0 Å². The molecular formula is C54H36N2. The fraction of sp³-hybridized carbons (Fsp3) is 0. The Kier molecular flexibility index (Phi) is 7.53. The number of fused-ring (bicyclic) bond motifs is 6. The van der Waals surface area contributed by atoms with Gasteiger partial charge in [-0.25, -0.2) is 0 Å². The second kappa shape index (κ2) is 13.2. The highest BCUT2D eigenvalue weighted by atomic mass is 15.0. The fourth-order valence-electron chi connectivity index (χ4n) is 8.66. The molecule has 0 radical (unpaired) electrons. The van der Waals surface area contributed by atoms with Crippen LogP contribution in [0.3, 0.4) is 0 Å². The van der Waals surface area contributed by atoms with Gasteiger partial charge in [0.2, 0.25) is 0 Å². The summed E-state index contributed by atoms with van der Waals surface area (Å²) in [5.74, 6) is 0. The molecule has 0 amide bonds. The molecule has 2 heterocycles. The van der Waals surface area contributed by atoms with Crippen molar-refractivity contribution in [2.45, 2.75) is 0 Å². The van der Waals surface area contributed by atoms with Crippen molar-refractivity contribution in [1.29, 1.82) is 0 Å². The first-order valence-corrected chi connectivity index (χ1v) is 19.3. The van der Waals surface area contributed by atoms with E-state index in [1.165, 1.54) is 88.1 Å². The van der Waals surface area contributed by atoms with Crippen LogP contribution in [0.25, 0.3) is 99.5 Å². The molecule has 0 aliphatic rings. The molecule has 2 aromatic heterocycles. The first-order valence-electron chi connectivity index (χ1n) is 19.3. The second-order valence-electron chi connectivity index (χ2n) is 14.5. The van der Waals surface area contributed by atoms with Gasteiger partial charge in [-0.1, -0.05) is 164 Å². The van der Waals surface area contributed by atoms with Crippen molar-refractivity contribution >= 4 is 43.6 Å². The lowest BCUT2D eigenvalue weighted by Crippen LogP contribution is -1.98. The van der Waals surface area contributed by atoms with Crippen LogP contribution >= 0.6 is 0 Å². The van der Waals surface area contributed by atoms with E-state index in [4.69, 9.17) is 0 Å². The Morgan fingerprint density at radius 2 is 0.679 bits per heavy atom. The van der Waals surface area contributed by atoms with Crippen LogP contribution in [0.15, 0.2) is 218 Å². The number of nitrogens with zero attached hydrogens (tertiary/aromatic N) is 2. The van der Waals surface area contributed by atoms with E-state index < -0.39 is 0 Å². The van der Waals surface area contributed by atoms with Crippen LogP contribution in [0.2, 0.25) is 0 Å². The minimum atomic E-state index is 1.13. The van der Waals surface area contributed by atoms with Gasteiger partial charge in [0.1, 0.15) is 0 Å². The fourth-order valence-corrected chi connectivity index (χ4v) is 8.66. The summed E-state index contributed by atoms with van der Waals surface area (Å²) >= 11 is 0. The first-order chi connectivity index (χ1) is 27.8. The molecule has 0 fully saturated rings. The third-order valence-electron chi connectivity index (χ3n) is 11.3. The minimum absolute atomic E-state index is 1.13. The Bertz CT molecular complexity index is 3110. The Hall–Kier alpha value is -7.42. The van der Waals surface area contributed by atoms with Crippen LogP contribution < -0.4 is 0 Å². The molecular weight excluding hydrogens is 677 g/mol. The molecule has 0 saturated carbocycles. The summed E-state index contributed by atoms with van der Waals surface area (Å²) in [7, 11) is 0. The van der Waals surface area contributed by atoms with E-state index in [0.717, 1.165) is 11.4 Å². The second-order valence-corrected chi connectivity index (χ2v) is 14.5. The van der Waals surface area contributed by atoms with E-state index in [1.807, 2.05) is 0 Å². The molecule has 2 nitrogen and oxygen atoms in total. The SMILES string of the molecule is c1ccc(-c2ccc3c(c2)c2cc(-c4ccccc4)ccc2n3-c2ccc(-c3ccccc3-n3c4ccccc4c4ccc(-c5ccccc5)cc43)cc2)cc1. The summed E-state index contributed by atoms with van der Waals surface area (Å²) in [6.07, 6.45) is 0. The van der Waals surface area contributed by atoms with Crippen molar-refractivity contribution < 1.29 is 0 Å². The number of benzene rings is 9. The Morgan fingerprint density at radius 1 is 0.232 bits per heavy atom. The molecule has 0 spiro atoms. The van der Waals surface area contributed by atoms with E-state index >= 15 is 0 Å². The summed E-state index contributed by atoms with van der Waals surface area (Å²) < 4.78 is 4.87.